The average molecular weight is 223 g/mol. The van der Waals surface area contributed by atoms with Crippen molar-refractivity contribution in [3.8, 4) is 0 Å². The molecular weight excluding hydrogens is 212 g/mol. The lowest BCUT2D eigenvalue weighted by molar-refractivity contribution is 0.558. The third-order valence-electron chi connectivity index (χ3n) is 2.31. The SMILES string of the molecule is CCCc1cc(=O)oc2ccc(Cl)cc12. The van der Waals surface area contributed by atoms with Crippen LogP contribution in [0.4, 0.5) is 0 Å². The van der Waals surface area contributed by atoms with Gasteiger partial charge in [0.15, 0.2) is 0 Å². The number of aryl methyl sites for hydroxylation is 1. The first-order chi connectivity index (χ1) is 7.20. The zero-order valence-corrected chi connectivity index (χ0v) is 9.17. The molecule has 1 aromatic carbocycles. The van der Waals surface area contributed by atoms with E-state index in [0.29, 0.717) is 10.6 Å². The zero-order valence-electron chi connectivity index (χ0n) is 8.42. The highest BCUT2D eigenvalue weighted by Gasteiger charge is 2.05. The van der Waals surface area contributed by atoms with Crippen LogP contribution in [0.15, 0.2) is 33.5 Å². The molecule has 0 bridgehead atoms. The number of hydrogen-bond acceptors (Lipinski definition) is 2. The van der Waals surface area contributed by atoms with Gasteiger partial charge in [-0.3, -0.25) is 0 Å². The van der Waals surface area contributed by atoms with Gasteiger partial charge in [0.1, 0.15) is 5.58 Å². The second-order valence-electron chi connectivity index (χ2n) is 3.48. The highest BCUT2D eigenvalue weighted by Crippen LogP contribution is 2.22. The molecule has 3 heteroatoms. The molecule has 2 rings (SSSR count). The Morgan fingerprint density at radius 1 is 1.33 bits per heavy atom. The molecule has 2 nitrogen and oxygen atoms in total. The van der Waals surface area contributed by atoms with Crippen LogP contribution in [0.5, 0.6) is 0 Å². The Balaban J connectivity index is 2.75. The molecule has 0 aliphatic rings. The third kappa shape index (κ3) is 2.05. The molecule has 0 atom stereocenters. The van der Waals surface area contributed by atoms with Gasteiger partial charge in [-0.1, -0.05) is 24.9 Å². The Hall–Kier alpha value is -1.28. The van der Waals surface area contributed by atoms with Gasteiger partial charge in [0.2, 0.25) is 0 Å². The van der Waals surface area contributed by atoms with Gasteiger partial charge in [-0.05, 0) is 30.2 Å². The van der Waals surface area contributed by atoms with E-state index in [1.54, 1.807) is 18.2 Å². The van der Waals surface area contributed by atoms with Crippen LogP contribution in [0.1, 0.15) is 18.9 Å². The third-order valence-corrected chi connectivity index (χ3v) is 2.54. The highest BCUT2D eigenvalue weighted by molar-refractivity contribution is 6.31. The molecule has 0 aliphatic carbocycles. The van der Waals surface area contributed by atoms with Crippen LogP contribution in [-0.2, 0) is 6.42 Å². The summed E-state index contributed by atoms with van der Waals surface area (Å²) in [7, 11) is 0. The predicted octanol–water partition coefficient (Wildman–Crippen LogP) is 3.40. The van der Waals surface area contributed by atoms with Crippen LogP contribution in [0.3, 0.4) is 0 Å². The van der Waals surface area contributed by atoms with E-state index in [4.69, 9.17) is 16.0 Å². The molecule has 78 valence electrons. The molecule has 0 fully saturated rings. The molecule has 1 aromatic heterocycles. The van der Waals surface area contributed by atoms with E-state index in [1.165, 1.54) is 0 Å². The second-order valence-corrected chi connectivity index (χ2v) is 3.92. The summed E-state index contributed by atoms with van der Waals surface area (Å²) in [5.74, 6) is 0. The fourth-order valence-corrected chi connectivity index (χ4v) is 1.85. The summed E-state index contributed by atoms with van der Waals surface area (Å²) in [6.45, 7) is 2.07. The lowest BCUT2D eigenvalue weighted by Gasteiger charge is -2.03. The van der Waals surface area contributed by atoms with Gasteiger partial charge in [-0.15, -0.1) is 0 Å². The van der Waals surface area contributed by atoms with E-state index in [2.05, 4.69) is 6.92 Å². The second kappa shape index (κ2) is 4.07. The number of fused-ring (bicyclic) bond motifs is 1. The standard InChI is InChI=1S/C12H11ClO2/c1-2-3-8-6-12(14)15-11-5-4-9(13)7-10(8)11/h4-7H,2-3H2,1H3. The van der Waals surface area contributed by atoms with Gasteiger partial charge >= 0.3 is 5.63 Å². The average Bonchev–Trinajstić information content (AvgIpc) is 2.19. The summed E-state index contributed by atoms with van der Waals surface area (Å²) in [4.78, 5) is 11.3. The van der Waals surface area contributed by atoms with E-state index in [1.807, 2.05) is 6.07 Å². The Labute approximate surface area is 92.5 Å². The molecule has 2 aromatic rings. The van der Waals surface area contributed by atoms with E-state index in [0.717, 1.165) is 23.8 Å². The minimum Gasteiger partial charge on any atom is -0.423 e. The highest BCUT2D eigenvalue weighted by atomic mass is 35.5. The van der Waals surface area contributed by atoms with Crippen molar-refractivity contribution < 1.29 is 4.42 Å². The maximum absolute atomic E-state index is 11.3. The number of rotatable bonds is 2. The van der Waals surface area contributed by atoms with Gasteiger partial charge in [-0.2, -0.15) is 0 Å². The minimum atomic E-state index is -0.298. The number of halogens is 1. The zero-order chi connectivity index (χ0) is 10.8. The van der Waals surface area contributed by atoms with E-state index >= 15 is 0 Å². The molecule has 0 saturated heterocycles. The van der Waals surface area contributed by atoms with E-state index in [-0.39, 0.29) is 5.63 Å². The van der Waals surface area contributed by atoms with Crippen molar-refractivity contribution in [3.63, 3.8) is 0 Å². The Morgan fingerprint density at radius 2 is 2.13 bits per heavy atom. The van der Waals surface area contributed by atoms with Gasteiger partial charge in [-0.25, -0.2) is 4.79 Å². The summed E-state index contributed by atoms with van der Waals surface area (Å²) >= 11 is 5.91. The van der Waals surface area contributed by atoms with E-state index < -0.39 is 0 Å². The first kappa shape index (κ1) is 10.2. The minimum absolute atomic E-state index is 0.298. The summed E-state index contributed by atoms with van der Waals surface area (Å²) in [6.07, 6.45) is 1.85. The maximum Gasteiger partial charge on any atom is 0.336 e. The summed E-state index contributed by atoms with van der Waals surface area (Å²) < 4.78 is 5.09. The summed E-state index contributed by atoms with van der Waals surface area (Å²) in [5, 5.41) is 1.60. The molecule has 1 heterocycles. The van der Waals surface area contributed by atoms with Crippen molar-refractivity contribution in [3.05, 3.63) is 45.3 Å². The van der Waals surface area contributed by atoms with Crippen molar-refractivity contribution in [2.45, 2.75) is 19.8 Å². The molecule has 0 amide bonds. The molecule has 0 spiro atoms. The van der Waals surface area contributed by atoms with Crippen molar-refractivity contribution >= 4 is 22.6 Å². The fraction of sp³-hybridized carbons (Fsp3) is 0.250. The molecular formula is C12H11ClO2. The maximum atomic E-state index is 11.3. The molecule has 0 N–H and O–H groups in total. The number of hydrogen-bond donors (Lipinski definition) is 0. The van der Waals surface area contributed by atoms with Crippen LogP contribution in [0.2, 0.25) is 5.02 Å². The smallest absolute Gasteiger partial charge is 0.336 e. The van der Waals surface area contributed by atoms with Crippen LogP contribution < -0.4 is 5.63 Å². The number of benzene rings is 1. The molecule has 0 radical (unpaired) electrons. The lowest BCUT2D eigenvalue weighted by Crippen LogP contribution is -2.00. The van der Waals surface area contributed by atoms with Gasteiger partial charge in [0.05, 0.1) is 0 Å². The van der Waals surface area contributed by atoms with Gasteiger partial charge < -0.3 is 4.42 Å². The van der Waals surface area contributed by atoms with Crippen molar-refractivity contribution in [2.24, 2.45) is 0 Å². The Morgan fingerprint density at radius 3 is 2.87 bits per heavy atom. The summed E-state index contributed by atoms with van der Waals surface area (Å²) in [6, 6.07) is 6.84. The van der Waals surface area contributed by atoms with Crippen LogP contribution in [-0.4, -0.2) is 0 Å². The normalized spacial score (nSPS) is 10.8. The predicted molar refractivity (Wildman–Crippen MR) is 61.5 cm³/mol. The quantitative estimate of drug-likeness (QED) is 0.729. The van der Waals surface area contributed by atoms with E-state index in [9.17, 15) is 4.79 Å². The monoisotopic (exact) mass is 222 g/mol. The van der Waals surface area contributed by atoms with Crippen LogP contribution >= 0.6 is 11.6 Å². The van der Waals surface area contributed by atoms with Crippen LogP contribution in [0.25, 0.3) is 11.0 Å². The summed E-state index contributed by atoms with van der Waals surface area (Å²) in [5.41, 5.74) is 1.31. The molecule has 15 heavy (non-hydrogen) atoms. The van der Waals surface area contributed by atoms with Gasteiger partial charge in [0.25, 0.3) is 0 Å². The fourth-order valence-electron chi connectivity index (χ4n) is 1.68. The first-order valence-electron chi connectivity index (χ1n) is 4.93. The molecule has 0 unspecified atom stereocenters. The Bertz CT molecular complexity index is 543. The van der Waals surface area contributed by atoms with Gasteiger partial charge in [0, 0.05) is 16.5 Å². The lowest BCUT2D eigenvalue weighted by atomic mass is 10.1. The Kier molecular flexibility index (Phi) is 2.78. The van der Waals surface area contributed by atoms with Crippen molar-refractivity contribution in [2.75, 3.05) is 0 Å². The van der Waals surface area contributed by atoms with Crippen molar-refractivity contribution in [1.29, 1.82) is 0 Å². The van der Waals surface area contributed by atoms with Crippen LogP contribution in [0, 0.1) is 0 Å². The van der Waals surface area contributed by atoms with Crippen molar-refractivity contribution in [1.82, 2.24) is 0 Å². The topological polar surface area (TPSA) is 30.2 Å². The molecule has 0 aliphatic heterocycles. The largest absolute Gasteiger partial charge is 0.423 e. The molecule has 0 saturated carbocycles. The first-order valence-corrected chi connectivity index (χ1v) is 5.31.